The first-order valence-corrected chi connectivity index (χ1v) is 8.73. The molecule has 2 nitrogen and oxygen atoms in total. The van der Waals surface area contributed by atoms with Gasteiger partial charge in [0.15, 0.2) is 0 Å². The Hall–Kier alpha value is -1.38. The maximum Gasteiger partial charge on any atom is 0.0678 e. The molecule has 0 spiro atoms. The molecule has 0 bridgehead atoms. The monoisotopic (exact) mass is 311 g/mol. The van der Waals surface area contributed by atoms with Gasteiger partial charge in [0.1, 0.15) is 0 Å². The number of aryl methyl sites for hydroxylation is 1. The Kier molecular flexibility index (Phi) is 4.48. The smallest absolute Gasteiger partial charge is 0.0678 e. The lowest BCUT2D eigenvalue weighted by Gasteiger charge is -2.40. The average Bonchev–Trinajstić information content (AvgIpc) is 2.44. The van der Waals surface area contributed by atoms with Gasteiger partial charge in [-0.05, 0) is 37.1 Å². The molecule has 0 aromatic heterocycles. The van der Waals surface area contributed by atoms with Gasteiger partial charge in [-0.3, -0.25) is 4.90 Å². The summed E-state index contributed by atoms with van der Waals surface area (Å²) in [5.74, 6) is 0. The highest BCUT2D eigenvalue weighted by atomic mass is 16.5. The highest BCUT2D eigenvalue weighted by Crippen LogP contribution is 2.32. The first-order chi connectivity index (χ1) is 10.8. The lowest BCUT2D eigenvalue weighted by atomic mass is 9.81. The van der Waals surface area contributed by atoms with Crippen LogP contribution in [0.1, 0.15) is 38.8 Å². The Bertz CT molecular complexity index is 681. The van der Waals surface area contributed by atoms with E-state index in [9.17, 15) is 0 Å². The van der Waals surface area contributed by atoms with Crippen LogP contribution in [0.2, 0.25) is 0 Å². The quantitative estimate of drug-likeness (QED) is 0.825. The third-order valence-electron chi connectivity index (χ3n) is 4.88. The van der Waals surface area contributed by atoms with Crippen LogP contribution in [0, 0.1) is 6.92 Å². The number of benzene rings is 2. The fraction of sp³-hybridized carbons (Fsp3) is 0.524. The summed E-state index contributed by atoms with van der Waals surface area (Å²) in [6.45, 7) is 14.4. The molecule has 2 aromatic carbocycles. The molecule has 0 N–H and O–H groups in total. The molecule has 1 saturated heterocycles. The summed E-state index contributed by atoms with van der Waals surface area (Å²) in [7, 11) is 0. The average molecular weight is 311 g/mol. The summed E-state index contributed by atoms with van der Waals surface area (Å²) in [5.41, 5.74) is 2.89. The minimum Gasteiger partial charge on any atom is -0.373 e. The Balaban J connectivity index is 1.90. The highest BCUT2D eigenvalue weighted by molar-refractivity contribution is 5.87. The van der Waals surface area contributed by atoms with E-state index in [1.54, 1.807) is 0 Å². The van der Waals surface area contributed by atoms with Crippen molar-refractivity contribution in [1.82, 2.24) is 4.90 Å². The molecule has 2 atom stereocenters. The van der Waals surface area contributed by atoms with Crippen molar-refractivity contribution in [3.8, 4) is 0 Å². The largest absolute Gasteiger partial charge is 0.373 e. The van der Waals surface area contributed by atoms with E-state index < -0.39 is 0 Å². The maximum absolute atomic E-state index is 5.88. The molecule has 1 aliphatic rings. The van der Waals surface area contributed by atoms with Gasteiger partial charge in [0.2, 0.25) is 0 Å². The summed E-state index contributed by atoms with van der Waals surface area (Å²) >= 11 is 0. The lowest BCUT2D eigenvalue weighted by Crippen LogP contribution is -2.49. The standard InChI is InChI=1S/C21H29NO/c1-15-9-10-19-18(11-15)7-6-8-20(19)21(4,5)14-22-12-16(2)23-17(3)13-22/h6-11,16-17H,12-14H2,1-5H3. The molecule has 3 rings (SSSR count). The lowest BCUT2D eigenvalue weighted by molar-refractivity contribution is -0.0719. The van der Waals surface area contributed by atoms with E-state index in [-0.39, 0.29) is 5.41 Å². The molecular weight excluding hydrogens is 282 g/mol. The summed E-state index contributed by atoms with van der Waals surface area (Å²) < 4.78 is 5.88. The first kappa shape index (κ1) is 16.5. The molecule has 2 aromatic rings. The molecule has 2 unspecified atom stereocenters. The zero-order valence-corrected chi connectivity index (χ0v) is 15.1. The van der Waals surface area contributed by atoms with E-state index in [0.29, 0.717) is 12.2 Å². The molecule has 2 heteroatoms. The number of ether oxygens (including phenoxy) is 1. The molecule has 0 saturated carbocycles. The molecular formula is C21H29NO. The molecule has 1 aliphatic heterocycles. The predicted octanol–water partition coefficient (Wildman–Crippen LogP) is 4.54. The van der Waals surface area contributed by atoms with E-state index in [2.05, 4.69) is 75.9 Å². The van der Waals surface area contributed by atoms with Crippen molar-refractivity contribution in [2.45, 2.75) is 52.2 Å². The minimum atomic E-state index is 0.117. The van der Waals surface area contributed by atoms with E-state index in [0.717, 1.165) is 19.6 Å². The van der Waals surface area contributed by atoms with Gasteiger partial charge < -0.3 is 4.74 Å². The summed E-state index contributed by atoms with van der Waals surface area (Å²) in [5, 5.41) is 2.73. The van der Waals surface area contributed by atoms with Crippen LogP contribution in [0.4, 0.5) is 0 Å². The number of hydrogen-bond donors (Lipinski definition) is 0. The van der Waals surface area contributed by atoms with Gasteiger partial charge in [-0.2, -0.15) is 0 Å². The number of hydrogen-bond acceptors (Lipinski definition) is 2. The Labute approximate surface area is 140 Å². The third kappa shape index (κ3) is 3.59. The molecule has 0 radical (unpaired) electrons. The number of rotatable bonds is 3. The molecule has 23 heavy (non-hydrogen) atoms. The van der Waals surface area contributed by atoms with Crippen LogP contribution in [0.15, 0.2) is 36.4 Å². The molecule has 1 heterocycles. The highest BCUT2D eigenvalue weighted by Gasteiger charge is 2.30. The number of nitrogens with zero attached hydrogens (tertiary/aromatic N) is 1. The Morgan fingerprint density at radius 3 is 2.48 bits per heavy atom. The van der Waals surface area contributed by atoms with Crippen molar-refractivity contribution in [2.24, 2.45) is 0 Å². The van der Waals surface area contributed by atoms with Crippen LogP contribution in [0.5, 0.6) is 0 Å². The zero-order valence-electron chi connectivity index (χ0n) is 15.1. The Morgan fingerprint density at radius 2 is 1.78 bits per heavy atom. The van der Waals surface area contributed by atoms with Gasteiger partial charge in [-0.1, -0.05) is 55.8 Å². The van der Waals surface area contributed by atoms with Gasteiger partial charge in [-0.15, -0.1) is 0 Å². The summed E-state index contributed by atoms with van der Waals surface area (Å²) in [6, 6.07) is 13.5. The maximum atomic E-state index is 5.88. The van der Waals surface area contributed by atoms with Crippen molar-refractivity contribution < 1.29 is 4.74 Å². The number of fused-ring (bicyclic) bond motifs is 1. The second kappa shape index (κ2) is 6.26. The van der Waals surface area contributed by atoms with Crippen molar-refractivity contribution in [3.05, 3.63) is 47.5 Å². The number of morpholine rings is 1. The fourth-order valence-corrected chi connectivity index (χ4v) is 4.05. The predicted molar refractivity (Wildman–Crippen MR) is 98.2 cm³/mol. The molecule has 124 valence electrons. The molecule has 0 amide bonds. The van der Waals surface area contributed by atoms with E-state index in [4.69, 9.17) is 4.74 Å². The van der Waals surface area contributed by atoms with Crippen LogP contribution in [0.25, 0.3) is 10.8 Å². The van der Waals surface area contributed by atoms with Crippen LogP contribution in [-0.4, -0.2) is 36.7 Å². The Morgan fingerprint density at radius 1 is 1.09 bits per heavy atom. The summed E-state index contributed by atoms with van der Waals surface area (Å²) in [4.78, 5) is 2.56. The zero-order chi connectivity index (χ0) is 16.6. The topological polar surface area (TPSA) is 12.5 Å². The van der Waals surface area contributed by atoms with E-state index in [1.807, 2.05) is 0 Å². The fourth-order valence-electron chi connectivity index (χ4n) is 4.05. The van der Waals surface area contributed by atoms with Crippen molar-refractivity contribution in [2.75, 3.05) is 19.6 Å². The van der Waals surface area contributed by atoms with Gasteiger partial charge in [0.05, 0.1) is 12.2 Å². The normalized spacial score (nSPS) is 23.3. The van der Waals surface area contributed by atoms with Crippen molar-refractivity contribution >= 4 is 10.8 Å². The van der Waals surface area contributed by atoms with Crippen LogP contribution >= 0.6 is 0 Å². The SMILES string of the molecule is Cc1ccc2c(C(C)(C)CN3CC(C)OC(C)C3)cccc2c1. The second-order valence-corrected chi connectivity index (χ2v) is 7.87. The van der Waals surface area contributed by atoms with Gasteiger partial charge in [-0.25, -0.2) is 0 Å². The van der Waals surface area contributed by atoms with Gasteiger partial charge in [0.25, 0.3) is 0 Å². The van der Waals surface area contributed by atoms with E-state index in [1.165, 1.54) is 21.9 Å². The molecule has 1 fully saturated rings. The summed E-state index contributed by atoms with van der Waals surface area (Å²) in [6.07, 6.45) is 0.648. The van der Waals surface area contributed by atoms with Crippen molar-refractivity contribution in [3.63, 3.8) is 0 Å². The van der Waals surface area contributed by atoms with E-state index >= 15 is 0 Å². The minimum absolute atomic E-state index is 0.117. The second-order valence-electron chi connectivity index (χ2n) is 7.87. The van der Waals surface area contributed by atoms with Gasteiger partial charge >= 0.3 is 0 Å². The van der Waals surface area contributed by atoms with Gasteiger partial charge in [0, 0.05) is 25.0 Å². The van der Waals surface area contributed by atoms with Crippen LogP contribution in [-0.2, 0) is 10.2 Å². The molecule has 0 aliphatic carbocycles. The third-order valence-corrected chi connectivity index (χ3v) is 4.88. The first-order valence-electron chi connectivity index (χ1n) is 8.73. The van der Waals surface area contributed by atoms with Crippen LogP contribution in [0.3, 0.4) is 0 Å². The van der Waals surface area contributed by atoms with Crippen LogP contribution < -0.4 is 0 Å². The van der Waals surface area contributed by atoms with Crippen molar-refractivity contribution in [1.29, 1.82) is 0 Å².